The minimum atomic E-state index is -0.457. The van der Waals surface area contributed by atoms with E-state index in [-0.39, 0.29) is 0 Å². The van der Waals surface area contributed by atoms with Gasteiger partial charge in [-0.1, -0.05) is 12.1 Å². The van der Waals surface area contributed by atoms with Crippen molar-refractivity contribution in [1.29, 1.82) is 0 Å². The van der Waals surface area contributed by atoms with Crippen LogP contribution in [0, 0.1) is 0 Å². The Labute approximate surface area is 89.1 Å². The number of aromatic nitrogens is 1. The summed E-state index contributed by atoms with van der Waals surface area (Å²) in [5.74, 6) is 0. The van der Waals surface area contributed by atoms with Crippen LogP contribution in [0.5, 0.6) is 0 Å². The van der Waals surface area contributed by atoms with Gasteiger partial charge in [0, 0.05) is 24.1 Å². The molecule has 0 saturated carbocycles. The highest BCUT2D eigenvalue weighted by atomic mass is 16.3. The van der Waals surface area contributed by atoms with Gasteiger partial charge >= 0.3 is 0 Å². The lowest BCUT2D eigenvalue weighted by molar-refractivity contribution is 0.172. The van der Waals surface area contributed by atoms with Gasteiger partial charge < -0.3 is 15.4 Å². The van der Waals surface area contributed by atoms with Crippen LogP contribution in [-0.4, -0.2) is 16.2 Å². The number of aliphatic hydroxyl groups is 1. The zero-order valence-corrected chi connectivity index (χ0v) is 8.85. The number of nitrogens with two attached hydrogens (primary N) is 1. The van der Waals surface area contributed by atoms with Crippen LogP contribution in [0.1, 0.15) is 18.1 Å². The van der Waals surface area contributed by atoms with E-state index in [4.69, 9.17) is 5.73 Å². The number of benzene rings is 1. The second-order valence-electron chi connectivity index (χ2n) is 3.80. The van der Waals surface area contributed by atoms with Crippen molar-refractivity contribution in [3.05, 3.63) is 36.0 Å². The standard InChI is InChI=1S/C12H16N2O/c1-14-8-6-9-10(12(15)5-7-13)3-2-4-11(9)14/h2-4,6,8,12,15H,5,7,13H2,1H3/t12-/m1/s1. The first-order chi connectivity index (χ1) is 7.24. The SMILES string of the molecule is Cn1ccc2c([C@H](O)CCN)cccc21. The molecule has 2 aromatic rings. The number of aryl methyl sites for hydroxylation is 1. The summed E-state index contributed by atoms with van der Waals surface area (Å²) in [6.45, 7) is 0.504. The zero-order valence-electron chi connectivity index (χ0n) is 8.85. The van der Waals surface area contributed by atoms with Gasteiger partial charge in [0.1, 0.15) is 0 Å². The molecule has 0 amide bonds. The lowest BCUT2D eigenvalue weighted by Crippen LogP contribution is -2.06. The fourth-order valence-electron chi connectivity index (χ4n) is 1.93. The highest BCUT2D eigenvalue weighted by Gasteiger charge is 2.11. The smallest absolute Gasteiger partial charge is 0.0808 e. The van der Waals surface area contributed by atoms with Gasteiger partial charge in [-0.25, -0.2) is 0 Å². The maximum absolute atomic E-state index is 9.94. The van der Waals surface area contributed by atoms with Gasteiger partial charge in [-0.15, -0.1) is 0 Å². The van der Waals surface area contributed by atoms with Crippen molar-refractivity contribution in [1.82, 2.24) is 4.57 Å². The van der Waals surface area contributed by atoms with Crippen molar-refractivity contribution in [3.8, 4) is 0 Å². The second kappa shape index (κ2) is 4.04. The first-order valence-corrected chi connectivity index (χ1v) is 5.16. The van der Waals surface area contributed by atoms with Crippen LogP contribution in [0.15, 0.2) is 30.5 Å². The van der Waals surface area contributed by atoms with Crippen LogP contribution in [0.3, 0.4) is 0 Å². The molecule has 0 fully saturated rings. The molecule has 80 valence electrons. The van der Waals surface area contributed by atoms with Crippen molar-refractivity contribution in [2.45, 2.75) is 12.5 Å². The molecule has 3 N–H and O–H groups in total. The van der Waals surface area contributed by atoms with E-state index in [0.29, 0.717) is 13.0 Å². The van der Waals surface area contributed by atoms with E-state index in [2.05, 4.69) is 0 Å². The fourth-order valence-corrected chi connectivity index (χ4v) is 1.93. The molecule has 15 heavy (non-hydrogen) atoms. The predicted molar refractivity (Wildman–Crippen MR) is 61.6 cm³/mol. The van der Waals surface area contributed by atoms with E-state index >= 15 is 0 Å². The Bertz CT molecular complexity index is 462. The summed E-state index contributed by atoms with van der Waals surface area (Å²) in [5.41, 5.74) is 7.56. The van der Waals surface area contributed by atoms with E-state index in [0.717, 1.165) is 16.5 Å². The third-order valence-corrected chi connectivity index (χ3v) is 2.76. The zero-order chi connectivity index (χ0) is 10.8. The highest BCUT2D eigenvalue weighted by molar-refractivity contribution is 5.83. The van der Waals surface area contributed by atoms with Gasteiger partial charge in [0.2, 0.25) is 0 Å². The van der Waals surface area contributed by atoms with Crippen LogP contribution < -0.4 is 5.73 Å². The molecular weight excluding hydrogens is 188 g/mol. The molecule has 0 saturated heterocycles. The molecule has 1 heterocycles. The van der Waals surface area contributed by atoms with Gasteiger partial charge in [0.15, 0.2) is 0 Å². The molecule has 2 rings (SSSR count). The number of hydrogen-bond donors (Lipinski definition) is 2. The Kier molecular flexibility index (Phi) is 2.75. The van der Waals surface area contributed by atoms with Crippen molar-refractivity contribution >= 4 is 10.9 Å². The van der Waals surface area contributed by atoms with Gasteiger partial charge in [-0.2, -0.15) is 0 Å². The number of fused-ring (bicyclic) bond motifs is 1. The number of hydrogen-bond acceptors (Lipinski definition) is 2. The summed E-state index contributed by atoms with van der Waals surface area (Å²) in [6.07, 6.45) is 2.15. The number of aliphatic hydroxyl groups excluding tert-OH is 1. The van der Waals surface area contributed by atoms with Crippen molar-refractivity contribution in [2.24, 2.45) is 12.8 Å². The van der Waals surface area contributed by atoms with Crippen LogP contribution in [0.25, 0.3) is 10.9 Å². The van der Waals surface area contributed by atoms with E-state index in [1.807, 2.05) is 42.1 Å². The quantitative estimate of drug-likeness (QED) is 0.797. The van der Waals surface area contributed by atoms with Crippen molar-refractivity contribution < 1.29 is 5.11 Å². The summed E-state index contributed by atoms with van der Waals surface area (Å²) in [7, 11) is 2.00. The van der Waals surface area contributed by atoms with Crippen LogP contribution in [-0.2, 0) is 7.05 Å². The maximum atomic E-state index is 9.94. The summed E-state index contributed by atoms with van der Waals surface area (Å²) < 4.78 is 2.05. The van der Waals surface area contributed by atoms with E-state index in [1.54, 1.807) is 0 Å². The summed E-state index contributed by atoms with van der Waals surface area (Å²) in [4.78, 5) is 0. The van der Waals surface area contributed by atoms with Crippen molar-refractivity contribution in [2.75, 3.05) is 6.54 Å². The van der Waals surface area contributed by atoms with Gasteiger partial charge in [-0.3, -0.25) is 0 Å². The third kappa shape index (κ3) is 1.76. The molecular formula is C12H16N2O. The lowest BCUT2D eigenvalue weighted by atomic mass is 10.0. The Morgan fingerprint density at radius 2 is 2.20 bits per heavy atom. The number of nitrogens with zero attached hydrogens (tertiary/aromatic N) is 1. The van der Waals surface area contributed by atoms with Gasteiger partial charge in [0.05, 0.1) is 6.10 Å². The molecule has 0 bridgehead atoms. The first kappa shape index (κ1) is 10.2. The monoisotopic (exact) mass is 204 g/mol. The third-order valence-electron chi connectivity index (χ3n) is 2.76. The average Bonchev–Trinajstić information content (AvgIpc) is 2.61. The Morgan fingerprint density at radius 3 is 2.93 bits per heavy atom. The average molecular weight is 204 g/mol. The van der Waals surface area contributed by atoms with Crippen LogP contribution in [0.4, 0.5) is 0 Å². The lowest BCUT2D eigenvalue weighted by Gasteiger charge is -2.11. The van der Waals surface area contributed by atoms with Crippen LogP contribution >= 0.6 is 0 Å². The molecule has 1 aromatic heterocycles. The predicted octanol–water partition coefficient (Wildman–Crippen LogP) is 1.56. The Balaban J connectivity index is 2.51. The molecule has 3 nitrogen and oxygen atoms in total. The molecule has 3 heteroatoms. The van der Waals surface area contributed by atoms with Gasteiger partial charge in [0.25, 0.3) is 0 Å². The Morgan fingerprint density at radius 1 is 1.40 bits per heavy atom. The van der Waals surface area contributed by atoms with E-state index in [1.165, 1.54) is 0 Å². The molecule has 0 aliphatic rings. The fraction of sp³-hybridized carbons (Fsp3) is 0.333. The summed E-state index contributed by atoms with van der Waals surface area (Å²) >= 11 is 0. The minimum absolute atomic E-state index is 0.457. The van der Waals surface area contributed by atoms with E-state index in [9.17, 15) is 5.11 Å². The second-order valence-corrected chi connectivity index (χ2v) is 3.80. The molecule has 0 aliphatic carbocycles. The Hall–Kier alpha value is -1.32. The maximum Gasteiger partial charge on any atom is 0.0808 e. The normalized spacial score (nSPS) is 13.3. The number of rotatable bonds is 3. The molecule has 0 aliphatic heterocycles. The highest BCUT2D eigenvalue weighted by Crippen LogP contribution is 2.26. The molecule has 0 spiro atoms. The molecule has 0 unspecified atom stereocenters. The van der Waals surface area contributed by atoms with Gasteiger partial charge in [-0.05, 0) is 30.7 Å². The summed E-state index contributed by atoms with van der Waals surface area (Å²) in [6, 6.07) is 8.01. The largest absolute Gasteiger partial charge is 0.388 e. The first-order valence-electron chi connectivity index (χ1n) is 5.16. The molecule has 1 atom stereocenters. The molecule has 1 aromatic carbocycles. The summed E-state index contributed by atoms with van der Waals surface area (Å²) in [5, 5.41) is 11.1. The van der Waals surface area contributed by atoms with Crippen molar-refractivity contribution in [3.63, 3.8) is 0 Å². The minimum Gasteiger partial charge on any atom is -0.388 e. The van der Waals surface area contributed by atoms with Crippen LogP contribution in [0.2, 0.25) is 0 Å². The van der Waals surface area contributed by atoms with E-state index < -0.39 is 6.10 Å². The topological polar surface area (TPSA) is 51.2 Å². The molecule has 0 radical (unpaired) electrons.